The second kappa shape index (κ2) is 5.49. The summed E-state index contributed by atoms with van der Waals surface area (Å²) >= 11 is 0. The molecule has 2 atom stereocenters. The summed E-state index contributed by atoms with van der Waals surface area (Å²) in [7, 11) is 1.96. The molecule has 4 nitrogen and oxygen atoms in total. The highest BCUT2D eigenvalue weighted by atomic mass is 16.3. The maximum Gasteiger partial charge on any atom is 0.0679 e. The summed E-state index contributed by atoms with van der Waals surface area (Å²) in [5.41, 5.74) is 7.80. The highest BCUT2D eigenvalue weighted by molar-refractivity contribution is 5.41. The lowest BCUT2D eigenvalue weighted by Gasteiger charge is -2.23. The fraction of sp³-hybridized carbons (Fsp3) is 0.538. The molecule has 1 aliphatic rings. The van der Waals surface area contributed by atoms with E-state index in [4.69, 9.17) is 5.73 Å². The van der Waals surface area contributed by atoms with E-state index in [1.807, 2.05) is 25.2 Å². The summed E-state index contributed by atoms with van der Waals surface area (Å²) in [5, 5.41) is 12.8. The molecular formula is C13H21N3O. The van der Waals surface area contributed by atoms with Crippen LogP contribution in [0.2, 0.25) is 0 Å². The number of nitrogens with one attached hydrogen (secondary N) is 1. The van der Waals surface area contributed by atoms with Crippen LogP contribution in [0.25, 0.3) is 0 Å². The number of anilines is 1. The number of nitrogens with zero attached hydrogens (tertiary/aromatic N) is 1. The summed E-state index contributed by atoms with van der Waals surface area (Å²) in [6.45, 7) is 2.67. The first kappa shape index (κ1) is 12.4. The SMILES string of the molecule is CN[C@H](CN1CC[C@H](O)C1)c1cccc(N)c1. The van der Waals surface area contributed by atoms with Crippen LogP contribution < -0.4 is 11.1 Å². The number of aliphatic hydroxyl groups is 1. The van der Waals surface area contributed by atoms with Crippen molar-refractivity contribution in [3.05, 3.63) is 29.8 Å². The van der Waals surface area contributed by atoms with E-state index in [9.17, 15) is 5.11 Å². The van der Waals surface area contributed by atoms with Gasteiger partial charge in [-0.05, 0) is 31.2 Å². The molecule has 0 saturated carbocycles. The van der Waals surface area contributed by atoms with Crippen molar-refractivity contribution >= 4 is 5.69 Å². The van der Waals surface area contributed by atoms with Crippen molar-refractivity contribution < 1.29 is 5.11 Å². The average Bonchev–Trinajstić information content (AvgIpc) is 2.72. The third-order valence-corrected chi connectivity index (χ3v) is 3.35. The Balaban J connectivity index is 2.01. The van der Waals surface area contributed by atoms with Crippen molar-refractivity contribution in [1.82, 2.24) is 10.2 Å². The van der Waals surface area contributed by atoms with E-state index in [-0.39, 0.29) is 12.1 Å². The topological polar surface area (TPSA) is 61.5 Å². The molecule has 0 bridgehead atoms. The predicted molar refractivity (Wildman–Crippen MR) is 69.7 cm³/mol. The molecule has 2 rings (SSSR count). The molecule has 4 N–H and O–H groups in total. The van der Waals surface area contributed by atoms with E-state index in [0.29, 0.717) is 0 Å². The van der Waals surface area contributed by atoms with Crippen LogP contribution in [0.3, 0.4) is 0 Å². The zero-order chi connectivity index (χ0) is 12.3. The van der Waals surface area contributed by atoms with Crippen LogP contribution in [0.15, 0.2) is 24.3 Å². The molecule has 1 aliphatic heterocycles. The van der Waals surface area contributed by atoms with E-state index in [1.165, 1.54) is 5.56 Å². The summed E-state index contributed by atoms with van der Waals surface area (Å²) in [5.74, 6) is 0. The number of likely N-dealkylation sites (N-methyl/N-ethyl adjacent to an activating group) is 1. The molecule has 1 aromatic rings. The highest BCUT2D eigenvalue weighted by Crippen LogP contribution is 2.19. The van der Waals surface area contributed by atoms with Crippen molar-refractivity contribution in [2.24, 2.45) is 0 Å². The Morgan fingerprint density at radius 1 is 1.59 bits per heavy atom. The quantitative estimate of drug-likeness (QED) is 0.669. The molecule has 1 aromatic carbocycles. The fourth-order valence-electron chi connectivity index (χ4n) is 2.38. The van der Waals surface area contributed by atoms with Crippen molar-refractivity contribution in [3.8, 4) is 0 Å². The van der Waals surface area contributed by atoms with Gasteiger partial charge in [-0.2, -0.15) is 0 Å². The molecule has 0 amide bonds. The first-order valence-electron chi connectivity index (χ1n) is 6.12. The molecule has 0 radical (unpaired) electrons. The van der Waals surface area contributed by atoms with Gasteiger partial charge in [0.1, 0.15) is 0 Å². The number of β-amino-alcohol motifs (C(OH)–C–C–N with tert-alkyl or cyclic N) is 1. The monoisotopic (exact) mass is 235 g/mol. The molecule has 1 heterocycles. The van der Waals surface area contributed by atoms with Crippen LogP contribution in [0.5, 0.6) is 0 Å². The van der Waals surface area contributed by atoms with Crippen molar-refractivity contribution in [1.29, 1.82) is 0 Å². The molecule has 0 spiro atoms. The second-order valence-corrected chi connectivity index (χ2v) is 4.71. The third kappa shape index (κ3) is 3.19. The number of rotatable bonds is 4. The van der Waals surface area contributed by atoms with Crippen LogP contribution in [0.4, 0.5) is 5.69 Å². The molecule has 0 aliphatic carbocycles. The fourth-order valence-corrected chi connectivity index (χ4v) is 2.38. The van der Waals surface area contributed by atoms with Gasteiger partial charge in [-0.1, -0.05) is 12.1 Å². The number of hydrogen-bond donors (Lipinski definition) is 3. The second-order valence-electron chi connectivity index (χ2n) is 4.71. The third-order valence-electron chi connectivity index (χ3n) is 3.35. The van der Waals surface area contributed by atoms with E-state index >= 15 is 0 Å². The minimum atomic E-state index is -0.159. The Hall–Kier alpha value is -1.10. The zero-order valence-electron chi connectivity index (χ0n) is 10.3. The van der Waals surface area contributed by atoms with Gasteiger partial charge in [-0.25, -0.2) is 0 Å². The summed E-state index contributed by atoms with van der Waals surface area (Å²) in [6.07, 6.45) is 0.723. The number of nitrogens with two attached hydrogens (primary N) is 1. The molecule has 17 heavy (non-hydrogen) atoms. The van der Waals surface area contributed by atoms with Crippen LogP contribution in [0.1, 0.15) is 18.0 Å². The molecule has 94 valence electrons. The van der Waals surface area contributed by atoms with Crippen molar-refractivity contribution in [2.75, 3.05) is 32.4 Å². The van der Waals surface area contributed by atoms with Crippen LogP contribution in [0, 0.1) is 0 Å². The first-order valence-corrected chi connectivity index (χ1v) is 6.12. The molecule has 0 aromatic heterocycles. The summed E-state index contributed by atoms with van der Waals surface area (Å²) < 4.78 is 0. The minimum Gasteiger partial charge on any atom is -0.399 e. The van der Waals surface area contributed by atoms with E-state index in [0.717, 1.165) is 31.7 Å². The van der Waals surface area contributed by atoms with Crippen molar-refractivity contribution in [2.45, 2.75) is 18.6 Å². The van der Waals surface area contributed by atoms with E-state index < -0.39 is 0 Å². The van der Waals surface area contributed by atoms with Gasteiger partial charge in [0, 0.05) is 31.4 Å². The Bertz CT molecular complexity index is 369. The van der Waals surface area contributed by atoms with Gasteiger partial charge in [0.05, 0.1) is 6.10 Å². The Morgan fingerprint density at radius 2 is 2.41 bits per heavy atom. The van der Waals surface area contributed by atoms with Gasteiger partial charge in [-0.15, -0.1) is 0 Å². The lowest BCUT2D eigenvalue weighted by molar-refractivity contribution is 0.173. The Labute approximate surface area is 102 Å². The lowest BCUT2D eigenvalue weighted by atomic mass is 10.1. The Morgan fingerprint density at radius 3 is 3.00 bits per heavy atom. The van der Waals surface area contributed by atoms with Gasteiger partial charge in [0.2, 0.25) is 0 Å². The van der Waals surface area contributed by atoms with E-state index in [1.54, 1.807) is 0 Å². The van der Waals surface area contributed by atoms with Gasteiger partial charge in [-0.3, -0.25) is 4.90 Å². The molecule has 0 unspecified atom stereocenters. The molecule has 4 heteroatoms. The Kier molecular flexibility index (Phi) is 3.99. The predicted octanol–water partition coefficient (Wildman–Crippen LogP) is 0.596. The average molecular weight is 235 g/mol. The standard InChI is InChI=1S/C13H21N3O/c1-15-13(9-16-6-5-12(17)8-16)10-3-2-4-11(14)7-10/h2-4,7,12-13,15,17H,5-6,8-9,14H2,1H3/t12-,13+/m0/s1. The summed E-state index contributed by atoms with van der Waals surface area (Å²) in [6, 6.07) is 8.24. The number of aliphatic hydroxyl groups excluding tert-OH is 1. The maximum atomic E-state index is 9.52. The van der Waals surface area contributed by atoms with Crippen molar-refractivity contribution in [3.63, 3.8) is 0 Å². The molecule has 1 saturated heterocycles. The molecule has 1 fully saturated rings. The maximum absolute atomic E-state index is 9.52. The van der Waals surface area contributed by atoms with E-state index in [2.05, 4.69) is 16.3 Å². The normalized spacial score (nSPS) is 22.8. The smallest absolute Gasteiger partial charge is 0.0679 e. The minimum absolute atomic E-state index is 0.159. The molecular weight excluding hydrogens is 214 g/mol. The number of hydrogen-bond acceptors (Lipinski definition) is 4. The number of benzene rings is 1. The largest absolute Gasteiger partial charge is 0.399 e. The van der Waals surface area contributed by atoms with Gasteiger partial charge in [0.15, 0.2) is 0 Å². The number of likely N-dealkylation sites (tertiary alicyclic amines) is 1. The highest BCUT2D eigenvalue weighted by Gasteiger charge is 2.23. The van der Waals surface area contributed by atoms with Crippen LogP contribution >= 0.6 is 0 Å². The zero-order valence-corrected chi connectivity index (χ0v) is 10.3. The van der Waals surface area contributed by atoms with Crippen LogP contribution in [-0.2, 0) is 0 Å². The summed E-state index contributed by atoms with van der Waals surface area (Å²) in [4.78, 5) is 2.29. The van der Waals surface area contributed by atoms with Crippen LogP contribution in [-0.4, -0.2) is 42.8 Å². The lowest BCUT2D eigenvalue weighted by Crippen LogP contribution is -2.33. The van der Waals surface area contributed by atoms with Gasteiger partial charge in [0.25, 0.3) is 0 Å². The number of nitrogen functional groups attached to an aromatic ring is 1. The van der Waals surface area contributed by atoms with Gasteiger partial charge >= 0.3 is 0 Å². The van der Waals surface area contributed by atoms with Gasteiger partial charge < -0.3 is 16.2 Å². The first-order chi connectivity index (χ1) is 8.19.